The fraction of sp³-hybridized carbons (Fsp3) is 0.938. The number of hydrogen-bond donors (Lipinski definition) is 0. The molecule has 0 aromatic carbocycles. The molecule has 21 heavy (non-hydrogen) atoms. The van der Waals surface area contributed by atoms with E-state index in [1.807, 2.05) is 0 Å². The summed E-state index contributed by atoms with van der Waals surface area (Å²) in [6.45, 7) is 5.47. The van der Waals surface area contributed by atoms with Gasteiger partial charge >= 0.3 is 5.97 Å². The van der Waals surface area contributed by atoms with Crippen LogP contribution in [0, 0.1) is 0 Å². The number of rotatable bonds is 5. The summed E-state index contributed by atoms with van der Waals surface area (Å²) < 4.78 is 23.5. The third kappa shape index (κ3) is 2.83. The quantitative estimate of drug-likeness (QED) is 0.730. The minimum absolute atomic E-state index is 0.105. The Morgan fingerprint density at radius 1 is 1.29 bits per heavy atom. The van der Waals surface area contributed by atoms with Crippen LogP contribution in [0.4, 0.5) is 0 Å². The highest BCUT2D eigenvalue weighted by atomic mass is 16.7. The van der Waals surface area contributed by atoms with E-state index in [0.717, 1.165) is 45.1 Å². The van der Waals surface area contributed by atoms with Gasteiger partial charge in [0.25, 0.3) is 0 Å². The Bertz CT molecular complexity index is 392. The van der Waals surface area contributed by atoms with Crippen molar-refractivity contribution in [2.75, 3.05) is 13.2 Å². The summed E-state index contributed by atoms with van der Waals surface area (Å²) in [6.07, 6.45) is 5.76. The van der Waals surface area contributed by atoms with E-state index in [0.29, 0.717) is 13.0 Å². The van der Waals surface area contributed by atoms with E-state index in [2.05, 4.69) is 13.8 Å². The Kier molecular flexibility index (Phi) is 4.26. The second kappa shape index (κ2) is 5.86. The molecule has 5 heteroatoms. The van der Waals surface area contributed by atoms with Gasteiger partial charge in [-0.2, -0.15) is 0 Å². The fourth-order valence-corrected chi connectivity index (χ4v) is 3.77. The predicted octanol–water partition coefficient (Wildman–Crippen LogP) is 2.56. The number of ether oxygens (including phenoxy) is 4. The van der Waals surface area contributed by atoms with Crippen LogP contribution >= 0.6 is 0 Å². The van der Waals surface area contributed by atoms with E-state index in [4.69, 9.17) is 18.9 Å². The van der Waals surface area contributed by atoms with Crippen LogP contribution in [0.2, 0.25) is 0 Å². The van der Waals surface area contributed by atoms with Crippen molar-refractivity contribution < 1.29 is 23.7 Å². The Labute approximate surface area is 126 Å². The van der Waals surface area contributed by atoms with Crippen molar-refractivity contribution in [3.8, 4) is 0 Å². The summed E-state index contributed by atoms with van der Waals surface area (Å²) in [5, 5.41) is 0. The summed E-state index contributed by atoms with van der Waals surface area (Å²) >= 11 is 0. The lowest BCUT2D eigenvalue weighted by molar-refractivity contribution is -0.198. The van der Waals surface area contributed by atoms with Crippen LogP contribution in [0.5, 0.6) is 0 Å². The molecule has 5 nitrogen and oxygen atoms in total. The van der Waals surface area contributed by atoms with E-state index < -0.39 is 5.60 Å². The second-order valence-electron chi connectivity index (χ2n) is 6.52. The van der Waals surface area contributed by atoms with Gasteiger partial charge in [0.2, 0.25) is 0 Å². The molecule has 120 valence electrons. The van der Waals surface area contributed by atoms with Crippen LogP contribution in [-0.4, -0.2) is 42.8 Å². The molecule has 3 rings (SSSR count). The second-order valence-corrected chi connectivity index (χ2v) is 6.52. The van der Waals surface area contributed by atoms with Gasteiger partial charge in [-0.15, -0.1) is 0 Å². The summed E-state index contributed by atoms with van der Waals surface area (Å²) in [7, 11) is 0. The minimum Gasteiger partial charge on any atom is -0.456 e. The largest absolute Gasteiger partial charge is 0.456 e. The van der Waals surface area contributed by atoms with Crippen molar-refractivity contribution in [1.29, 1.82) is 0 Å². The molecule has 1 unspecified atom stereocenters. The third-order valence-corrected chi connectivity index (χ3v) is 5.18. The highest BCUT2D eigenvalue weighted by molar-refractivity contribution is 5.73. The molecule has 0 spiro atoms. The molecule has 0 radical (unpaired) electrons. The van der Waals surface area contributed by atoms with Crippen LogP contribution in [0.3, 0.4) is 0 Å². The third-order valence-electron chi connectivity index (χ3n) is 5.18. The van der Waals surface area contributed by atoms with Crippen LogP contribution in [0.1, 0.15) is 58.8 Å². The zero-order valence-electron chi connectivity index (χ0n) is 13.1. The van der Waals surface area contributed by atoms with Gasteiger partial charge in [0.1, 0.15) is 11.7 Å². The standard InChI is InChI=1S/C16H26O5/c1-3-15(11-19-14-7-5-6-8-18-14)10-16(4-2)12(20-15)9-13(17)21-16/h12,14H,3-11H2,1-2H3/t12-,14?,15+,16-/m1/s1. The summed E-state index contributed by atoms with van der Waals surface area (Å²) in [4.78, 5) is 11.6. The minimum atomic E-state index is -0.441. The van der Waals surface area contributed by atoms with Crippen molar-refractivity contribution in [3.05, 3.63) is 0 Å². The van der Waals surface area contributed by atoms with Crippen LogP contribution in [-0.2, 0) is 23.7 Å². The van der Waals surface area contributed by atoms with Gasteiger partial charge in [0.15, 0.2) is 6.29 Å². The normalized spacial score (nSPS) is 42.9. The highest BCUT2D eigenvalue weighted by Crippen LogP contribution is 2.49. The maximum atomic E-state index is 11.6. The van der Waals surface area contributed by atoms with Gasteiger partial charge in [-0.3, -0.25) is 4.79 Å². The van der Waals surface area contributed by atoms with Gasteiger partial charge in [-0.05, 0) is 32.1 Å². The fourth-order valence-electron chi connectivity index (χ4n) is 3.77. The lowest BCUT2D eigenvalue weighted by Gasteiger charge is -2.32. The van der Waals surface area contributed by atoms with Gasteiger partial charge < -0.3 is 18.9 Å². The van der Waals surface area contributed by atoms with Gasteiger partial charge in [0.05, 0.1) is 18.6 Å². The van der Waals surface area contributed by atoms with E-state index in [-0.39, 0.29) is 24.0 Å². The summed E-state index contributed by atoms with van der Waals surface area (Å²) in [6, 6.07) is 0. The Morgan fingerprint density at radius 3 is 2.76 bits per heavy atom. The molecule has 3 aliphatic rings. The first kappa shape index (κ1) is 15.3. The molecular formula is C16H26O5. The lowest BCUT2D eigenvalue weighted by atomic mass is 9.85. The van der Waals surface area contributed by atoms with Gasteiger partial charge in [-0.1, -0.05) is 13.8 Å². The molecule has 4 atom stereocenters. The van der Waals surface area contributed by atoms with Crippen molar-refractivity contribution in [2.24, 2.45) is 0 Å². The SMILES string of the molecule is CC[C@@]1(COC2CCCCO2)C[C@@]2(CC)OC(=O)C[C@H]2O1. The zero-order valence-corrected chi connectivity index (χ0v) is 13.1. The molecule has 3 saturated heterocycles. The molecule has 0 N–H and O–H groups in total. The molecule has 3 aliphatic heterocycles. The maximum absolute atomic E-state index is 11.6. The highest BCUT2D eigenvalue weighted by Gasteiger charge is 2.61. The van der Waals surface area contributed by atoms with Gasteiger partial charge in [-0.25, -0.2) is 0 Å². The summed E-state index contributed by atoms with van der Waals surface area (Å²) in [5.41, 5.74) is -0.786. The molecule has 3 heterocycles. The number of carbonyl (C=O) groups is 1. The molecular weight excluding hydrogens is 272 g/mol. The number of carbonyl (C=O) groups excluding carboxylic acids is 1. The number of esters is 1. The average Bonchev–Trinajstić information content (AvgIpc) is 2.96. The Hall–Kier alpha value is -0.650. The van der Waals surface area contributed by atoms with Crippen LogP contribution in [0.15, 0.2) is 0 Å². The lowest BCUT2D eigenvalue weighted by Crippen LogP contribution is -2.39. The first-order valence-electron chi connectivity index (χ1n) is 8.24. The summed E-state index contributed by atoms with van der Waals surface area (Å²) in [5.74, 6) is -0.136. The van der Waals surface area contributed by atoms with Crippen LogP contribution < -0.4 is 0 Å². The van der Waals surface area contributed by atoms with Crippen molar-refractivity contribution in [2.45, 2.75) is 82.4 Å². The number of fused-ring (bicyclic) bond motifs is 1. The molecule has 0 aromatic rings. The maximum Gasteiger partial charge on any atom is 0.309 e. The van der Waals surface area contributed by atoms with E-state index in [1.54, 1.807) is 0 Å². The van der Waals surface area contributed by atoms with E-state index >= 15 is 0 Å². The van der Waals surface area contributed by atoms with Crippen molar-refractivity contribution in [1.82, 2.24) is 0 Å². The zero-order chi connectivity index (χ0) is 14.9. The Morgan fingerprint density at radius 2 is 2.14 bits per heavy atom. The van der Waals surface area contributed by atoms with Crippen molar-refractivity contribution >= 4 is 5.97 Å². The van der Waals surface area contributed by atoms with E-state index in [9.17, 15) is 4.79 Å². The molecule has 0 bridgehead atoms. The molecule has 0 aliphatic carbocycles. The first-order valence-corrected chi connectivity index (χ1v) is 8.24. The van der Waals surface area contributed by atoms with Crippen LogP contribution in [0.25, 0.3) is 0 Å². The topological polar surface area (TPSA) is 54.0 Å². The number of hydrogen-bond acceptors (Lipinski definition) is 5. The molecule has 0 amide bonds. The van der Waals surface area contributed by atoms with Crippen molar-refractivity contribution in [3.63, 3.8) is 0 Å². The smallest absolute Gasteiger partial charge is 0.309 e. The molecule has 0 saturated carbocycles. The first-order chi connectivity index (χ1) is 10.1. The molecule has 3 fully saturated rings. The monoisotopic (exact) mass is 298 g/mol. The molecule has 0 aromatic heterocycles. The Balaban J connectivity index is 1.64. The average molecular weight is 298 g/mol. The predicted molar refractivity (Wildman–Crippen MR) is 75.8 cm³/mol. The van der Waals surface area contributed by atoms with E-state index in [1.165, 1.54) is 0 Å². The van der Waals surface area contributed by atoms with Gasteiger partial charge in [0, 0.05) is 13.0 Å².